The van der Waals surface area contributed by atoms with Crippen LogP contribution in [0.4, 0.5) is 5.95 Å². The first-order valence-corrected chi connectivity index (χ1v) is 5.56. The lowest BCUT2D eigenvalue weighted by Crippen LogP contribution is -2.18. The number of nitrogens with zero attached hydrogens (tertiary/aromatic N) is 1. The topological polar surface area (TPSA) is 40.7 Å². The van der Waals surface area contributed by atoms with Gasteiger partial charge in [0.05, 0.1) is 0 Å². The lowest BCUT2D eigenvalue weighted by molar-refractivity contribution is 0.780. The van der Waals surface area contributed by atoms with Crippen molar-refractivity contribution >= 4 is 5.95 Å². The second-order valence-electron chi connectivity index (χ2n) is 4.15. The first-order chi connectivity index (χ1) is 7.74. The van der Waals surface area contributed by atoms with E-state index in [2.05, 4.69) is 46.5 Å². The average molecular weight is 215 g/mol. The number of hydrogen-bond donors (Lipinski definition) is 2. The average Bonchev–Trinajstić information content (AvgIpc) is 2.65. The number of nitrogens with one attached hydrogen (secondary N) is 2. The third-order valence-corrected chi connectivity index (χ3v) is 2.47. The van der Waals surface area contributed by atoms with Crippen molar-refractivity contribution in [3.63, 3.8) is 0 Å². The zero-order valence-corrected chi connectivity index (χ0v) is 9.70. The Kier molecular flexibility index (Phi) is 3.25. The van der Waals surface area contributed by atoms with Gasteiger partial charge in [0.2, 0.25) is 5.95 Å². The highest BCUT2D eigenvalue weighted by Crippen LogP contribution is 2.07. The Morgan fingerprint density at radius 3 is 2.69 bits per heavy atom. The van der Waals surface area contributed by atoms with Crippen LogP contribution in [0.2, 0.25) is 0 Å². The number of anilines is 1. The number of benzene rings is 1. The number of aromatic amines is 1. The molecule has 1 atom stereocenters. The van der Waals surface area contributed by atoms with Gasteiger partial charge in [0, 0.05) is 17.9 Å². The lowest BCUT2D eigenvalue weighted by atomic mass is 10.1. The second-order valence-corrected chi connectivity index (χ2v) is 4.15. The van der Waals surface area contributed by atoms with Crippen LogP contribution in [0.25, 0.3) is 0 Å². The van der Waals surface area contributed by atoms with Gasteiger partial charge in [-0.25, -0.2) is 4.98 Å². The van der Waals surface area contributed by atoms with E-state index in [0.717, 1.165) is 18.1 Å². The van der Waals surface area contributed by atoms with Crippen LogP contribution in [0, 0.1) is 6.92 Å². The fourth-order valence-corrected chi connectivity index (χ4v) is 1.74. The van der Waals surface area contributed by atoms with E-state index in [9.17, 15) is 0 Å². The molecule has 0 aliphatic rings. The van der Waals surface area contributed by atoms with Crippen molar-refractivity contribution in [2.75, 3.05) is 5.32 Å². The van der Waals surface area contributed by atoms with Crippen molar-refractivity contribution in [3.8, 4) is 0 Å². The summed E-state index contributed by atoms with van der Waals surface area (Å²) < 4.78 is 0. The molecule has 3 nitrogen and oxygen atoms in total. The molecule has 0 aliphatic heterocycles. The normalized spacial score (nSPS) is 12.4. The lowest BCUT2D eigenvalue weighted by Gasteiger charge is -2.12. The zero-order chi connectivity index (χ0) is 11.4. The predicted molar refractivity (Wildman–Crippen MR) is 66.6 cm³/mol. The maximum absolute atomic E-state index is 4.23. The minimum atomic E-state index is 0.368. The van der Waals surface area contributed by atoms with Crippen LogP contribution in [0.3, 0.4) is 0 Å². The van der Waals surface area contributed by atoms with Crippen molar-refractivity contribution in [1.82, 2.24) is 9.97 Å². The van der Waals surface area contributed by atoms with E-state index in [1.807, 2.05) is 19.2 Å². The maximum atomic E-state index is 4.23. The van der Waals surface area contributed by atoms with Gasteiger partial charge >= 0.3 is 0 Å². The van der Waals surface area contributed by atoms with Gasteiger partial charge in [0.1, 0.15) is 0 Å². The number of rotatable bonds is 4. The highest BCUT2D eigenvalue weighted by Gasteiger charge is 2.04. The molecule has 1 heterocycles. The molecule has 0 saturated carbocycles. The summed E-state index contributed by atoms with van der Waals surface area (Å²) in [6.07, 6.45) is 2.83. The Labute approximate surface area is 95.9 Å². The van der Waals surface area contributed by atoms with Crippen molar-refractivity contribution in [3.05, 3.63) is 47.8 Å². The van der Waals surface area contributed by atoms with Crippen LogP contribution in [-0.2, 0) is 6.42 Å². The van der Waals surface area contributed by atoms with Crippen LogP contribution < -0.4 is 5.32 Å². The first kappa shape index (κ1) is 10.7. The van der Waals surface area contributed by atoms with E-state index in [1.54, 1.807) is 0 Å². The minimum Gasteiger partial charge on any atom is -0.353 e. The first-order valence-electron chi connectivity index (χ1n) is 5.56. The molecule has 0 spiro atoms. The van der Waals surface area contributed by atoms with Gasteiger partial charge < -0.3 is 10.3 Å². The molecule has 0 radical (unpaired) electrons. The number of hydrogen-bond acceptors (Lipinski definition) is 2. The Hall–Kier alpha value is -1.77. The molecule has 1 aromatic carbocycles. The molecule has 0 fully saturated rings. The predicted octanol–water partition coefficient (Wildman–Crippen LogP) is 2.76. The molecule has 0 aliphatic carbocycles. The molecule has 0 bridgehead atoms. The molecule has 84 valence electrons. The summed E-state index contributed by atoms with van der Waals surface area (Å²) in [6.45, 7) is 4.16. The Bertz CT molecular complexity index is 433. The summed E-state index contributed by atoms with van der Waals surface area (Å²) in [4.78, 5) is 7.40. The van der Waals surface area contributed by atoms with Gasteiger partial charge in [0.25, 0.3) is 0 Å². The molecule has 2 aromatic rings. The number of aromatic nitrogens is 2. The SMILES string of the molecule is Cc1cnc(NC(C)Cc2ccccc2)[nH]1. The Balaban J connectivity index is 1.92. The number of aryl methyl sites for hydroxylation is 1. The molecule has 0 saturated heterocycles. The van der Waals surface area contributed by atoms with Gasteiger partial charge in [-0.15, -0.1) is 0 Å². The van der Waals surface area contributed by atoms with Crippen molar-refractivity contribution in [2.24, 2.45) is 0 Å². The quantitative estimate of drug-likeness (QED) is 0.823. The molecule has 1 aromatic heterocycles. The van der Waals surface area contributed by atoms with Crippen LogP contribution >= 0.6 is 0 Å². The highest BCUT2D eigenvalue weighted by molar-refractivity contribution is 5.28. The molecule has 3 heteroatoms. The van der Waals surface area contributed by atoms with Gasteiger partial charge in [-0.1, -0.05) is 30.3 Å². The Morgan fingerprint density at radius 2 is 2.06 bits per heavy atom. The van der Waals surface area contributed by atoms with E-state index in [-0.39, 0.29) is 0 Å². The summed E-state index contributed by atoms with van der Waals surface area (Å²) in [5.74, 6) is 0.848. The van der Waals surface area contributed by atoms with Crippen LogP contribution in [-0.4, -0.2) is 16.0 Å². The number of H-pyrrole nitrogens is 1. The third kappa shape index (κ3) is 2.86. The summed E-state index contributed by atoms with van der Waals surface area (Å²) >= 11 is 0. The fourth-order valence-electron chi connectivity index (χ4n) is 1.74. The molecule has 2 N–H and O–H groups in total. The smallest absolute Gasteiger partial charge is 0.200 e. The maximum Gasteiger partial charge on any atom is 0.200 e. The van der Waals surface area contributed by atoms with E-state index >= 15 is 0 Å². The summed E-state index contributed by atoms with van der Waals surface area (Å²) in [5.41, 5.74) is 2.42. The van der Waals surface area contributed by atoms with Gasteiger partial charge in [-0.05, 0) is 25.8 Å². The van der Waals surface area contributed by atoms with E-state index in [0.29, 0.717) is 6.04 Å². The van der Waals surface area contributed by atoms with Gasteiger partial charge in [-0.2, -0.15) is 0 Å². The Morgan fingerprint density at radius 1 is 1.31 bits per heavy atom. The monoisotopic (exact) mass is 215 g/mol. The minimum absolute atomic E-state index is 0.368. The standard InChI is InChI=1S/C13H17N3/c1-10(8-12-6-4-3-5-7-12)15-13-14-9-11(2)16-13/h3-7,9-10H,8H2,1-2H3,(H2,14,15,16). The highest BCUT2D eigenvalue weighted by atomic mass is 15.1. The zero-order valence-electron chi connectivity index (χ0n) is 9.70. The molecule has 0 amide bonds. The van der Waals surface area contributed by atoms with E-state index in [1.165, 1.54) is 5.56 Å². The van der Waals surface area contributed by atoms with Crippen molar-refractivity contribution < 1.29 is 0 Å². The molecule has 16 heavy (non-hydrogen) atoms. The largest absolute Gasteiger partial charge is 0.353 e. The third-order valence-electron chi connectivity index (χ3n) is 2.47. The van der Waals surface area contributed by atoms with E-state index in [4.69, 9.17) is 0 Å². The van der Waals surface area contributed by atoms with Crippen molar-refractivity contribution in [2.45, 2.75) is 26.3 Å². The van der Waals surface area contributed by atoms with Crippen LogP contribution in [0.5, 0.6) is 0 Å². The second kappa shape index (κ2) is 4.84. The molecular weight excluding hydrogens is 198 g/mol. The van der Waals surface area contributed by atoms with Crippen molar-refractivity contribution in [1.29, 1.82) is 0 Å². The van der Waals surface area contributed by atoms with Gasteiger partial charge in [0.15, 0.2) is 0 Å². The summed E-state index contributed by atoms with van der Waals surface area (Å²) in [6, 6.07) is 10.8. The molecular formula is C13H17N3. The summed E-state index contributed by atoms with van der Waals surface area (Å²) in [7, 11) is 0. The fraction of sp³-hybridized carbons (Fsp3) is 0.308. The molecule has 2 rings (SSSR count). The van der Waals surface area contributed by atoms with Crippen LogP contribution in [0.15, 0.2) is 36.5 Å². The summed E-state index contributed by atoms with van der Waals surface area (Å²) in [5, 5.41) is 3.34. The van der Waals surface area contributed by atoms with E-state index < -0.39 is 0 Å². The molecule has 1 unspecified atom stereocenters. The number of imidazole rings is 1. The van der Waals surface area contributed by atoms with Gasteiger partial charge in [-0.3, -0.25) is 0 Å². The van der Waals surface area contributed by atoms with Crippen LogP contribution in [0.1, 0.15) is 18.2 Å².